The lowest BCUT2D eigenvalue weighted by Crippen LogP contribution is -2.39. The predicted molar refractivity (Wildman–Crippen MR) is 140 cm³/mol. The number of halogens is 2. The summed E-state index contributed by atoms with van der Waals surface area (Å²) in [5, 5.41) is 0.571. The van der Waals surface area contributed by atoms with E-state index in [2.05, 4.69) is 20.9 Å². The second-order valence-corrected chi connectivity index (χ2v) is 10.3. The minimum Gasteiger partial charge on any atom is -0.463 e. The fourth-order valence-corrected chi connectivity index (χ4v) is 5.80. The van der Waals surface area contributed by atoms with Crippen molar-refractivity contribution >= 4 is 56.6 Å². The first-order chi connectivity index (χ1) is 16.2. The van der Waals surface area contributed by atoms with Crippen LogP contribution < -0.4 is 19.8 Å². The van der Waals surface area contributed by atoms with Crippen LogP contribution in [0.15, 0.2) is 68.0 Å². The topological polar surface area (TPSA) is 63.9 Å². The maximum atomic E-state index is 13.6. The summed E-state index contributed by atoms with van der Waals surface area (Å²) >= 11 is 11.0. The van der Waals surface area contributed by atoms with Gasteiger partial charge in [0.25, 0.3) is 5.56 Å². The fraction of sp³-hybridized carbons (Fsp3) is 0.240. The van der Waals surface area contributed by atoms with Gasteiger partial charge in [0.15, 0.2) is 4.80 Å². The molecule has 1 aliphatic rings. The second kappa shape index (κ2) is 9.90. The van der Waals surface area contributed by atoms with Gasteiger partial charge in [0.1, 0.15) is 0 Å². The zero-order chi connectivity index (χ0) is 24.6. The third kappa shape index (κ3) is 4.62. The molecule has 1 atom stereocenters. The zero-order valence-electron chi connectivity index (χ0n) is 19.1. The molecule has 0 aliphatic carbocycles. The Bertz CT molecular complexity index is 1470. The first-order valence-electron chi connectivity index (χ1n) is 10.6. The Labute approximate surface area is 214 Å². The van der Waals surface area contributed by atoms with Gasteiger partial charge in [-0.2, -0.15) is 0 Å². The maximum absolute atomic E-state index is 13.6. The smallest absolute Gasteiger partial charge is 0.338 e. The number of ether oxygens (including phenoxy) is 1. The monoisotopic (exact) mass is 559 g/mol. The minimum atomic E-state index is -0.655. The van der Waals surface area contributed by atoms with Gasteiger partial charge in [-0.25, -0.2) is 9.79 Å². The summed E-state index contributed by atoms with van der Waals surface area (Å²) in [6.45, 7) is 3.74. The van der Waals surface area contributed by atoms with Crippen molar-refractivity contribution in [3.63, 3.8) is 0 Å². The number of fused-ring (bicyclic) bond motifs is 1. The van der Waals surface area contributed by atoms with Gasteiger partial charge in [-0.3, -0.25) is 9.36 Å². The molecule has 1 unspecified atom stereocenters. The van der Waals surface area contributed by atoms with E-state index in [1.165, 1.54) is 11.3 Å². The summed E-state index contributed by atoms with van der Waals surface area (Å²) < 4.78 is 8.35. The molecule has 1 aromatic heterocycles. The van der Waals surface area contributed by atoms with Crippen molar-refractivity contribution in [3.8, 4) is 0 Å². The van der Waals surface area contributed by atoms with E-state index in [1.54, 1.807) is 30.5 Å². The normalized spacial score (nSPS) is 15.7. The molecule has 0 fully saturated rings. The lowest BCUT2D eigenvalue weighted by Gasteiger charge is -2.24. The van der Waals surface area contributed by atoms with Gasteiger partial charge in [-0.15, -0.1) is 0 Å². The van der Waals surface area contributed by atoms with Crippen molar-refractivity contribution in [1.29, 1.82) is 0 Å². The number of thiazole rings is 1. The number of benzene rings is 2. The van der Waals surface area contributed by atoms with Crippen LogP contribution in [0, 0.1) is 0 Å². The van der Waals surface area contributed by atoms with Gasteiger partial charge >= 0.3 is 5.97 Å². The lowest BCUT2D eigenvalue weighted by atomic mass is 9.96. The van der Waals surface area contributed by atoms with E-state index in [0.717, 1.165) is 21.3 Å². The van der Waals surface area contributed by atoms with E-state index in [1.807, 2.05) is 55.4 Å². The lowest BCUT2D eigenvalue weighted by molar-refractivity contribution is -0.139. The van der Waals surface area contributed by atoms with E-state index in [0.29, 0.717) is 25.6 Å². The summed E-state index contributed by atoms with van der Waals surface area (Å²) in [5.41, 5.74) is 3.34. The number of aromatic nitrogens is 1. The van der Waals surface area contributed by atoms with Gasteiger partial charge in [0.2, 0.25) is 0 Å². The molecule has 0 saturated heterocycles. The summed E-state index contributed by atoms with van der Waals surface area (Å²) in [6.07, 6.45) is 1.84. The van der Waals surface area contributed by atoms with Gasteiger partial charge in [0.05, 0.1) is 34.1 Å². The summed E-state index contributed by atoms with van der Waals surface area (Å²) in [4.78, 5) is 33.7. The highest BCUT2D eigenvalue weighted by atomic mass is 79.9. The van der Waals surface area contributed by atoms with Gasteiger partial charge < -0.3 is 9.64 Å². The van der Waals surface area contributed by atoms with Crippen LogP contribution in [0.3, 0.4) is 0 Å². The fourth-order valence-electron chi connectivity index (χ4n) is 3.88. The molecular formula is C25H23BrClN3O3S. The van der Waals surface area contributed by atoms with Gasteiger partial charge in [0, 0.05) is 23.6 Å². The van der Waals surface area contributed by atoms with Crippen LogP contribution in [0.25, 0.3) is 6.08 Å². The van der Waals surface area contributed by atoms with E-state index < -0.39 is 12.0 Å². The molecule has 6 nitrogen and oxygen atoms in total. The van der Waals surface area contributed by atoms with Crippen molar-refractivity contribution in [1.82, 2.24) is 4.57 Å². The maximum Gasteiger partial charge on any atom is 0.338 e. The first kappa shape index (κ1) is 24.4. The molecule has 0 saturated carbocycles. The molecule has 0 N–H and O–H groups in total. The second-order valence-electron chi connectivity index (χ2n) is 7.96. The quantitative estimate of drug-likeness (QED) is 0.437. The van der Waals surface area contributed by atoms with Crippen LogP contribution in [0.5, 0.6) is 0 Å². The molecule has 0 spiro atoms. The Hall–Kier alpha value is -2.68. The number of hydrogen-bond donors (Lipinski definition) is 0. The number of allylic oxidation sites excluding steroid dienone is 1. The number of esters is 1. The molecule has 176 valence electrons. The molecule has 4 rings (SSSR count). The highest BCUT2D eigenvalue weighted by molar-refractivity contribution is 9.10. The van der Waals surface area contributed by atoms with Crippen LogP contribution in [-0.2, 0) is 9.53 Å². The molecule has 34 heavy (non-hydrogen) atoms. The van der Waals surface area contributed by atoms with Crippen LogP contribution >= 0.6 is 38.9 Å². The highest BCUT2D eigenvalue weighted by Gasteiger charge is 2.33. The van der Waals surface area contributed by atoms with E-state index in [4.69, 9.17) is 16.3 Å². The first-order valence-corrected chi connectivity index (χ1v) is 12.6. The van der Waals surface area contributed by atoms with Crippen LogP contribution in [0.2, 0.25) is 5.02 Å². The number of carbonyl (C=O) groups is 1. The Morgan fingerprint density at radius 1 is 1.26 bits per heavy atom. The van der Waals surface area contributed by atoms with Crippen molar-refractivity contribution < 1.29 is 9.53 Å². The highest BCUT2D eigenvalue weighted by Crippen LogP contribution is 2.31. The Morgan fingerprint density at radius 3 is 2.59 bits per heavy atom. The number of anilines is 1. The van der Waals surface area contributed by atoms with Crippen molar-refractivity contribution in [2.24, 2.45) is 4.99 Å². The largest absolute Gasteiger partial charge is 0.463 e. The molecule has 3 aromatic rings. The van der Waals surface area contributed by atoms with Crippen LogP contribution in [0.1, 0.15) is 31.0 Å². The third-order valence-corrected chi connectivity index (χ3v) is 7.32. The van der Waals surface area contributed by atoms with Crippen molar-refractivity contribution in [3.05, 3.63) is 94.0 Å². The molecule has 0 amide bonds. The van der Waals surface area contributed by atoms with E-state index >= 15 is 0 Å². The standard InChI is InChI=1S/C25H23BrClN3O3S/c1-5-33-24(32)21-14(2)28-25-30(22(21)16-7-9-17(27)10-8-16)23(31)20(34-25)13-15-6-11-19(29(3)4)18(26)12-15/h6-13,22H,5H2,1-4H3/b20-13-. The summed E-state index contributed by atoms with van der Waals surface area (Å²) in [6, 6.07) is 12.4. The zero-order valence-corrected chi connectivity index (χ0v) is 22.3. The predicted octanol–water partition coefficient (Wildman–Crippen LogP) is 4.28. The van der Waals surface area contributed by atoms with Crippen molar-refractivity contribution in [2.75, 3.05) is 25.6 Å². The molecule has 2 heterocycles. The SMILES string of the molecule is CCOC(=O)C1=C(C)N=c2s/c(=C\c3ccc(N(C)C)c(Br)c3)c(=O)n2C1c1ccc(Cl)cc1. The molecule has 9 heteroatoms. The Kier molecular flexibility index (Phi) is 7.12. The third-order valence-electron chi connectivity index (χ3n) is 5.45. The van der Waals surface area contributed by atoms with Crippen molar-refractivity contribution in [2.45, 2.75) is 19.9 Å². The number of nitrogens with zero attached hydrogens (tertiary/aromatic N) is 3. The van der Waals surface area contributed by atoms with Crippen LogP contribution in [-0.4, -0.2) is 31.2 Å². The van der Waals surface area contributed by atoms with E-state index in [9.17, 15) is 9.59 Å². The van der Waals surface area contributed by atoms with Gasteiger partial charge in [-0.05, 0) is 71.2 Å². The minimum absolute atomic E-state index is 0.217. The van der Waals surface area contributed by atoms with Gasteiger partial charge in [-0.1, -0.05) is 41.1 Å². The average molecular weight is 561 g/mol. The average Bonchev–Trinajstić information content (AvgIpc) is 3.08. The summed E-state index contributed by atoms with van der Waals surface area (Å²) in [7, 11) is 3.94. The molecular weight excluding hydrogens is 538 g/mol. The number of carbonyl (C=O) groups excluding carboxylic acids is 1. The molecule has 0 bridgehead atoms. The molecule has 2 aromatic carbocycles. The van der Waals surface area contributed by atoms with E-state index in [-0.39, 0.29) is 12.2 Å². The molecule has 0 radical (unpaired) electrons. The number of hydrogen-bond acceptors (Lipinski definition) is 6. The Balaban J connectivity index is 1.91. The Morgan fingerprint density at radius 2 is 1.97 bits per heavy atom. The summed E-state index contributed by atoms with van der Waals surface area (Å²) in [5.74, 6) is -0.485. The van der Waals surface area contributed by atoms with Crippen LogP contribution in [0.4, 0.5) is 5.69 Å². The molecule has 1 aliphatic heterocycles. The number of rotatable bonds is 5.